The van der Waals surface area contributed by atoms with Crippen LogP contribution < -0.4 is 10.2 Å². The third kappa shape index (κ3) is 4.42. The Labute approximate surface area is 218 Å². The highest BCUT2D eigenvalue weighted by Gasteiger charge is 2.45. The van der Waals surface area contributed by atoms with Gasteiger partial charge in [-0.3, -0.25) is 9.78 Å². The van der Waals surface area contributed by atoms with Gasteiger partial charge < -0.3 is 19.7 Å². The first-order valence-corrected chi connectivity index (χ1v) is 13.1. The Kier molecular flexibility index (Phi) is 5.37. The van der Waals surface area contributed by atoms with E-state index in [4.69, 9.17) is 16.6 Å². The van der Waals surface area contributed by atoms with E-state index in [1.165, 1.54) is 24.7 Å². The molecule has 0 unspecified atom stereocenters. The number of nitrogens with one attached hydrogen (secondary N) is 1. The van der Waals surface area contributed by atoms with Crippen LogP contribution >= 0.6 is 11.6 Å². The van der Waals surface area contributed by atoms with Crippen LogP contribution in [0.3, 0.4) is 0 Å². The van der Waals surface area contributed by atoms with Crippen LogP contribution in [0.15, 0.2) is 55.2 Å². The first kappa shape index (κ1) is 22.6. The Balaban J connectivity index is 1.09. The SMILES string of the molecule is O=C(Nc1cc(N2C[C@@H](O)C[C@@H]2c2cn3cc(C4CC4)ccc3n2)ncn1)[C@H]1C[C@@H]1c1cc(Cl)ccn1. The zero-order valence-corrected chi connectivity index (χ0v) is 20.8. The highest BCUT2D eigenvalue weighted by Crippen LogP contribution is 2.47. The zero-order chi connectivity index (χ0) is 25.1. The molecule has 4 aromatic heterocycles. The van der Waals surface area contributed by atoms with Gasteiger partial charge in [0, 0.05) is 60.2 Å². The molecular formula is C27H26ClN7O2. The van der Waals surface area contributed by atoms with Crippen LogP contribution in [0.25, 0.3) is 5.65 Å². The molecule has 3 aliphatic rings. The summed E-state index contributed by atoms with van der Waals surface area (Å²) in [7, 11) is 0. The highest BCUT2D eigenvalue weighted by atomic mass is 35.5. The number of aliphatic hydroxyl groups is 1. The number of imidazole rings is 1. The molecule has 4 aromatic rings. The van der Waals surface area contributed by atoms with Crippen LogP contribution in [0.4, 0.5) is 11.6 Å². The van der Waals surface area contributed by atoms with E-state index < -0.39 is 6.10 Å². The van der Waals surface area contributed by atoms with Crippen molar-refractivity contribution < 1.29 is 9.90 Å². The van der Waals surface area contributed by atoms with Crippen molar-refractivity contribution in [3.05, 3.63) is 77.2 Å². The average Bonchev–Trinajstić information content (AvgIpc) is 3.81. The summed E-state index contributed by atoms with van der Waals surface area (Å²) < 4.78 is 2.08. The van der Waals surface area contributed by atoms with Gasteiger partial charge in [0.2, 0.25) is 5.91 Å². The van der Waals surface area contributed by atoms with Gasteiger partial charge in [-0.15, -0.1) is 0 Å². The minimum atomic E-state index is -0.498. The molecule has 2 N–H and O–H groups in total. The third-order valence-electron chi connectivity index (χ3n) is 7.61. The number of anilines is 2. The fourth-order valence-corrected chi connectivity index (χ4v) is 5.59. The van der Waals surface area contributed by atoms with Gasteiger partial charge in [0.25, 0.3) is 0 Å². The number of halogens is 1. The molecule has 37 heavy (non-hydrogen) atoms. The van der Waals surface area contributed by atoms with Gasteiger partial charge in [-0.1, -0.05) is 17.7 Å². The van der Waals surface area contributed by atoms with Crippen LogP contribution in [0.2, 0.25) is 5.02 Å². The second-order valence-electron chi connectivity index (χ2n) is 10.3. The van der Waals surface area contributed by atoms with E-state index >= 15 is 0 Å². The maximum Gasteiger partial charge on any atom is 0.229 e. The number of hydrogen-bond donors (Lipinski definition) is 2. The highest BCUT2D eigenvalue weighted by molar-refractivity contribution is 6.30. The Hall–Kier alpha value is -3.56. The van der Waals surface area contributed by atoms with Crippen molar-refractivity contribution in [2.24, 2.45) is 5.92 Å². The van der Waals surface area contributed by atoms with Crippen LogP contribution in [0.1, 0.15) is 60.5 Å². The molecule has 1 aliphatic heterocycles. The first-order chi connectivity index (χ1) is 18.0. The lowest BCUT2D eigenvalue weighted by molar-refractivity contribution is -0.117. The Morgan fingerprint density at radius 2 is 1.95 bits per heavy atom. The largest absolute Gasteiger partial charge is 0.391 e. The van der Waals surface area contributed by atoms with Crippen LogP contribution in [0, 0.1) is 5.92 Å². The van der Waals surface area contributed by atoms with Crippen LogP contribution in [0.5, 0.6) is 0 Å². The fourth-order valence-electron chi connectivity index (χ4n) is 5.42. The molecule has 188 valence electrons. The number of aromatic nitrogens is 5. The van der Waals surface area contributed by atoms with Crippen molar-refractivity contribution >= 4 is 34.8 Å². The summed E-state index contributed by atoms with van der Waals surface area (Å²) >= 11 is 6.08. The molecule has 4 atom stereocenters. The van der Waals surface area contributed by atoms with E-state index in [1.807, 2.05) is 11.0 Å². The number of hydrogen-bond acceptors (Lipinski definition) is 7. The van der Waals surface area contributed by atoms with Crippen molar-refractivity contribution in [1.29, 1.82) is 0 Å². The molecule has 0 bridgehead atoms. The van der Waals surface area contributed by atoms with E-state index in [-0.39, 0.29) is 23.8 Å². The number of β-amino-alcohol motifs (C(OH)–C–C–N with tert-alkyl or cyclic N) is 1. The van der Waals surface area contributed by atoms with Crippen LogP contribution in [-0.2, 0) is 4.79 Å². The van der Waals surface area contributed by atoms with Gasteiger partial charge in [-0.2, -0.15) is 0 Å². The normalized spacial score (nSPS) is 25.0. The zero-order valence-electron chi connectivity index (χ0n) is 20.0. The molecule has 0 radical (unpaired) electrons. The summed E-state index contributed by atoms with van der Waals surface area (Å²) in [6.07, 6.45) is 10.6. The molecule has 1 amide bonds. The minimum Gasteiger partial charge on any atom is -0.391 e. The molecule has 2 saturated carbocycles. The molecule has 1 saturated heterocycles. The van der Waals surface area contributed by atoms with Gasteiger partial charge >= 0.3 is 0 Å². The van der Waals surface area contributed by atoms with Gasteiger partial charge in [0.05, 0.1) is 17.8 Å². The summed E-state index contributed by atoms with van der Waals surface area (Å²) in [4.78, 5) is 32.9. The summed E-state index contributed by atoms with van der Waals surface area (Å²) in [6.45, 7) is 0.432. The van der Waals surface area contributed by atoms with Crippen molar-refractivity contribution in [2.45, 2.75) is 49.7 Å². The van der Waals surface area contributed by atoms with Crippen LogP contribution in [-0.4, -0.2) is 48.0 Å². The van der Waals surface area contributed by atoms with E-state index in [1.54, 1.807) is 18.3 Å². The van der Waals surface area contributed by atoms with Crippen molar-refractivity contribution in [1.82, 2.24) is 24.3 Å². The van der Waals surface area contributed by atoms with E-state index in [0.717, 1.165) is 23.5 Å². The summed E-state index contributed by atoms with van der Waals surface area (Å²) in [6, 6.07) is 9.41. The molecule has 2 aliphatic carbocycles. The van der Waals surface area contributed by atoms with Gasteiger partial charge in [0.15, 0.2) is 0 Å². The first-order valence-electron chi connectivity index (χ1n) is 12.7. The smallest absolute Gasteiger partial charge is 0.229 e. The maximum atomic E-state index is 12.9. The standard InChI is InChI=1S/C27H26ClN7O2/c28-17-5-6-29-21(7-17)19-9-20(19)27(37)33-24-10-26(31-14-30-24)35-12-18(36)8-23(35)22-13-34-11-16(15-1-2-15)3-4-25(34)32-22/h3-7,10-11,13-15,18-20,23,36H,1-2,8-9,12H2,(H,30,31,33,37)/t18-,19-,20-,23+/m0/s1. The molecule has 9 nitrogen and oxygen atoms in total. The number of amides is 1. The van der Waals surface area contributed by atoms with Crippen molar-refractivity contribution in [3.63, 3.8) is 0 Å². The van der Waals surface area contributed by atoms with Gasteiger partial charge in [-0.25, -0.2) is 15.0 Å². The summed E-state index contributed by atoms with van der Waals surface area (Å²) in [5.74, 6) is 1.55. The van der Waals surface area contributed by atoms with E-state index in [0.29, 0.717) is 35.5 Å². The van der Waals surface area contributed by atoms with Gasteiger partial charge in [0.1, 0.15) is 23.6 Å². The van der Waals surface area contributed by atoms with Gasteiger partial charge in [-0.05, 0) is 48.9 Å². The topological polar surface area (TPSA) is 109 Å². The third-order valence-corrected chi connectivity index (χ3v) is 7.85. The predicted molar refractivity (Wildman–Crippen MR) is 139 cm³/mol. The molecule has 7 rings (SSSR count). The number of fused-ring (bicyclic) bond motifs is 1. The molecule has 10 heteroatoms. The van der Waals surface area contributed by atoms with Crippen molar-refractivity contribution in [3.8, 4) is 0 Å². The second kappa shape index (κ2) is 8.78. The number of aliphatic hydroxyl groups excluding tert-OH is 1. The monoisotopic (exact) mass is 515 g/mol. The Bertz CT molecular complexity index is 1500. The van der Waals surface area contributed by atoms with E-state index in [2.05, 4.69) is 49.2 Å². The molecule has 3 fully saturated rings. The summed E-state index contributed by atoms with van der Waals surface area (Å²) in [5, 5.41) is 14.1. The number of carbonyl (C=O) groups excluding carboxylic acids is 1. The molecule has 5 heterocycles. The lowest BCUT2D eigenvalue weighted by atomic mass is 10.1. The number of carbonyl (C=O) groups is 1. The van der Waals surface area contributed by atoms with Crippen molar-refractivity contribution in [2.75, 3.05) is 16.8 Å². The quantitative estimate of drug-likeness (QED) is 0.398. The Morgan fingerprint density at radius 1 is 1.05 bits per heavy atom. The lowest BCUT2D eigenvalue weighted by Gasteiger charge is -2.24. The number of nitrogens with zero attached hydrogens (tertiary/aromatic N) is 6. The number of rotatable bonds is 6. The Morgan fingerprint density at radius 3 is 2.78 bits per heavy atom. The fraction of sp³-hybridized carbons (Fsp3) is 0.370. The lowest BCUT2D eigenvalue weighted by Crippen LogP contribution is -2.26. The molecule has 0 spiro atoms. The molecular weight excluding hydrogens is 490 g/mol. The minimum absolute atomic E-state index is 0.0635. The average molecular weight is 516 g/mol. The predicted octanol–water partition coefficient (Wildman–Crippen LogP) is 4.10. The number of pyridine rings is 2. The second-order valence-corrected chi connectivity index (χ2v) is 10.8. The van der Waals surface area contributed by atoms with E-state index in [9.17, 15) is 9.90 Å². The summed E-state index contributed by atoms with van der Waals surface area (Å²) in [5.41, 5.74) is 3.97. The maximum absolute atomic E-state index is 12.9. The molecule has 0 aromatic carbocycles.